The maximum absolute atomic E-state index is 12.3. The van der Waals surface area contributed by atoms with Crippen LogP contribution in [0.4, 0.5) is 5.69 Å². The summed E-state index contributed by atoms with van der Waals surface area (Å²) in [5.74, 6) is 0.274. The number of piperidine rings is 1. The first-order chi connectivity index (χ1) is 10.7. The minimum absolute atomic E-state index is 0.274. The molecule has 2 aliphatic heterocycles. The van der Waals surface area contributed by atoms with Crippen LogP contribution in [-0.4, -0.2) is 24.5 Å². The first-order valence-corrected chi connectivity index (χ1v) is 8.86. The topological polar surface area (TPSA) is 32.3 Å². The number of fused-ring (bicyclic) bond motifs is 1. The van der Waals surface area contributed by atoms with Crippen LogP contribution in [0.25, 0.3) is 0 Å². The third kappa shape index (κ3) is 3.19. The van der Waals surface area contributed by atoms with Gasteiger partial charge in [-0.05, 0) is 62.8 Å². The Labute approximate surface area is 134 Å². The highest BCUT2D eigenvalue weighted by Crippen LogP contribution is 2.34. The molecule has 2 atom stereocenters. The molecule has 0 saturated carbocycles. The van der Waals surface area contributed by atoms with E-state index in [9.17, 15) is 4.79 Å². The number of benzene rings is 1. The number of nitrogens with zero attached hydrogens (tertiary/aromatic N) is 1. The number of carbonyl (C=O) groups is 1. The van der Waals surface area contributed by atoms with E-state index in [1.807, 2.05) is 4.90 Å². The van der Waals surface area contributed by atoms with Gasteiger partial charge in [-0.3, -0.25) is 4.79 Å². The highest BCUT2D eigenvalue weighted by molar-refractivity contribution is 5.96. The van der Waals surface area contributed by atoms with Crippen molar-refractivity contribution in [2.45, 2.75) is 70.9 Å². The molecule has 3 nitrogen and oxygen atoms in total. The summed E-state index contributed by atoms with van der Waals surface area (Å²) in [5.41, 5.74) is 3.91. The van der Waals surface area contributed by atoms with Crippen LogP contribution in [0.1, 0.15) is 57.1 Å². The maximum Gasteiger partial charge on any atom is 0.227 e. The van der Waals surface area contributed by atoms with Crippen LogP contribution < -0.4 is 10.2 Å². The van der Waals surface area contributed by atoms with E-state index in [1.165, 1.54) is 30.4 Å². The van der Waals surface area contributed by atoms with Crippen LogP contribution in [0.3, 0.4) is 0 Å². The van der Waals surface area contributed by atoms with E-state index in [-0.39, 0.29) is 5.91 Å². The highest BCUT2D eigenvalue weighted by Gasteiger charge is 2.30. The zero-order valence-corrected chi connectivity index (χ0v) is 13.9. The summed E-state index contributed by atoms with van der Waals surface area (Å²) >= 11 is 0. The standard InChI is InChI=1S/C19H28N2O/c1-3-6-19(22)21-14(2)11-16-12-15(8-9-18(16)21)13-17-7-4-5-10-20-17/h8-9,12,14,17,20H,3-7,10-11,13H2,1-2H3. The molecular formula is C19H28N2O. The second-order valence-corrected chi connectivity index (χ2v) is 6.88. The van der Waals surface area contributed by atoms with Gasteiger partial charge in [0, 0.05) is 24.2 Å². The van der Waals surface area contributed by atoms with Gasteiger partial charge < -0.3 is 10.2 Å². The molecule has 1 aromatic carbocycles. The molecule has 0 radical (unpaired) electrons. The molecule has 0 aromatic heterocycles. The molecule has 0 spiro atoms. The fourth-order valence-electron chi connectivity index (χ4n) is 3.91. The molecule has 1 N–H and O–H groups in total. The molecule has 1 saturated heterocycles. The van der Waals surface area contributed by atoms with Gasteiger partial charge in [0.2, 0.25) is 5.91 Å². The Hall–Kier alpha value is -1.35. The fraction of sp³-hybridized carbons (Fsp3) is 0.632. The van der Waals surface area contributed by atoms with Gasteiger partial charge in [-0.25, -0.2) is 0 Å². The second kappa shape index (κ2) is 6.82. The second-order valence-electron chi connectivity index (χ2n) is 6.88. The molecule has 0 aliphatic carbocycles. The van der Waals surface area contributed by atoms with Crippen molar-refractivity contribution in [1.29, 1.82) is 0 Å². The van der Waals surface area contributed by atoms with E-state index in [4.69, 9.17) is 0 Å². The summed E-state index contributed by atoms with van der Waals surface area (Å²) in [4.78, 5) is 14.4. The van der Waals surface area contributed by atoms with E-state index in [1.54, 1.807) is 0 Å². The lowest BCUT2D eigenvalue weighted by Crippen LogP contribution is -2.35. The smallest absolute Gasteiger partial charge is 0.227 e. The summed E-state index contributed by atoms with van der Waals surface area (Å²) < 4.78 is 0. The molecule has 3 heteroatoms. The van der Waals surface area contributed by atoms with Crippen molar-refractivity contribution in [1.82, 2.24) is 5.32 Å². The van der Waals surface area contributed by atoms with Gasteiger partial charge in [-0.15, -0.1) is 0 Å². The minimum atomic E-state index is 0.274. The third-order valence-electron chi connectivity index (χ3n) is 4.99. The molecule has 2 aliphatic rings. The molecule has 3 rings (SSSR count). The van der Waals surface area contributed by atoms with E-state index in [2.05, 4.69) is 37.4 Å². The Morgan fingerprint density at radius 3 is 2.95 bits per heavy atom. The fourth-order valence-corrected chi connectivity index (χ4v) is 3.91. The Balaban J connectivity index is 1.74. The number of anilines is 1. The molecular weight excluding hydrogens is 272 g/mol. The van der Waals surface area contributed by atoms with E-state index < -0.39 is 0 Å². The first-order valence-electron chi connectivity index (χ1n) is 8.86. The van der Waals surface area contributed by atoms with Crippen molar-refractivity contribution in [3.63, 3.8) is 0 Å². The summed E-state index contributed by atoms with van der Waals surface area (Å²) in [6.07, 6.45) is 7.63. The van der Waals surface area contributed by atoms with Gasteiger partial charge >= 0.3 is 0 Å². The Morgan fingerprint density at radius 1 is 1.36 bits per heavy atom. The van der Waals surface area contributed by atoms with E-state index in [0.29, 0.717) is 18.5 Å². The van der Waals surface area contributed by atoms with Gasteiger partial charge in [-0.1, -0.05) is 25.5 Å². The van der Waals surface area contributed by atoms with Crippen molar-refractivity contribution in [2.75, 3.05) is 11.4 Å². The molecule has 22 heavy (non-hydrogen) atoms. The number of rotatable bonds is 4. The van der Waals surface area contributed by atoms with Crippen molar-refractivity contribution < 1.29 is 4.79 Å². The predicted molar refractivity (Wildman–Crippen MR) is 91.3 cm³/mol. The van der Waals surface area contributed by atoms with Crippen LogP contribution >= 0.6 is 0 Å². The van der Waals surface area contributed by atoms with Crippen LogP contribution in [0.5, 0.6) is 0 Å². The average molecular weight is 300 g/mol. The summed E-state index contributed by atoms with van der Waals surface area (Å²) in [5, 5.41) is 3.62. The lowest BCUT2D eigenvalue weighted by atomic mass is 9.96. The Kier molecular flexibility index (Phi) is 4.82. The Bertz CT molecular complexity index is 534. The summed E-state index contributed by atoms with van der Waals surface area (Å²) in [7, 11) is 0. The van der Waals surface area contributed by atoms with Crippen molar-refractivity contribution in [3.05, 3.63) is 29.3 Å². The van der Waals surface area contributed by atoms with Crippen LogP contribution in [0.2, 0.25) is 0 Å². The molecule has 2 unspecified atom stereocenters. The molecule has 1 amide bonds. The monoisotopic (exact) mass is 300 g/mol. The number of nitrogens with one attached hydrogen (secondary N) is 1. The van der Waals surface area contributed by atoms with Gasteiger partial charge in [0.25, 0.3) is 0 Å². The zero-order valence-electron chi connectivity index (χ0n) is 13.9. The predicted octanol–water partition coefficient (Wildman–Crippen LogP) is 3.45. The Morgan fingerprint density at radius 2 is 2.23 bits per heavy atom. The SMILES string of the molecule is CCCC(=O)N1c2ccc(CC3CCCCN3)cc2CC1C. The van der Waals surface area contributed by atoms with Crippen LogP contribution in [0, 0.1) is 0 Å². The third-order valence-corrected chi connectivity index (χ3v) is 4.99. The van der Waals surface area contributed by atoms with Gasteiger partial charge in [0.15, 0.2) is 0 Å². The minimum Gasteiger partial charge on any atom is -0.314 e. The molecule has 1 aromatic rings. The van der Waals surface area contributed by atoms with E-state index in [0.717, 1.165) is 31.5 Å². The number of carbonyl (C=O) groups excluding carboxylic acids is 1. The van der Waals surface area contributed by atoms with Crippen molar-refractivity contribution in [3.8, 4) is 0 Å². The van der Waals surface area contributed by atoms with Gasteiger partial charge in [0.1, 0.15) is 0 Å². The summed E-state index contributed by atoms with van der Waals surface area (Å²) in [6.45, 7) is 5.39. The average Bonchev–Trinajstić information content (AvgIpc) is 2.83. The highest BCUT2D eigenvalue weighted by atomic mass is 16.2. The number of amides is 1. The van der Waals surface area contributed by atoms with Gasteiger partial charge in [0.05, 0.1) is 0 Å². The maximum atomic E-state index is 12.3. The molecule has 0 bridgehead atoms. The number of hydrogen-bond donors (Lipinski definition) is 1. The zero-order chi connectivity index (χ0) is 15.5. The van der Waals surface area contributed by atoms with Crippen LogP contribution in [-0.2, 0) is 17.6 Å². The van der Waals surface area contributed by atoms with Crippen molar-refractivity contribution >= 4 is 11.6 Å². The number of hydrogen-bond acceptors (Lipinski definition) is 2. The molecule has 2 heterocycles. The van der Waals surface area contributed by atoms with Crippen LogP contribution in [0.15, 0.2) is 18.2 Å². The van der Waals surface area contributed by atoms with Crippen molar-refractivity contribution in [2.24, 2.45) is 0 Å². The normalized spacial score (nSPS) is 24.4. The molecule has 1 fully saturated rings. The summed E-state index contributed by atoms with van der Waals surface area (Å²) in [6, 6.07) is 7.66. The first kappa shape index (κ1) is 15.5. The van der Waals surface area contributed by atoms with E-state index >= 15 is 0 Å². The lowest BCUT2D eigenvalue weighted by molar-refractivity contribution is -0.118. The van der Waals surface area contributed by atoms with Gasteiger partial charge in [-0.2, -0.15) is 0 Å². The quantitative estimate of drug-likeness (QED) is 0.923. The lowest BCUT2D eigenvalue weighted by Gasteiger charge is -2.24. The largest absolute Gasteiger partial charge is 0.314 e. The molecule has 120 valence electrons.